The molecule has 0 aliphatic heterocycles. The number of imidazole rings is 1. The van der Waals surface area contributed by atoms with Gasteiger partial charge in [-0.2, -0.15) is 0 Å². The SMILES string of the molecule is COc1ccc(C(C)NCCc2ncc[nH]2)c(O)c1. The van der Waals surface area contributed by atoms with Crippen molar-refractivity contribution < 1.29 is 9.84 Å². The highest BCUT2D eigenvalue weighted by molar-refractivity contribution is 5.41. The van der Waals surface area contributed by atoms with Crippen LogP contribution in [0.15, 0.2) is 30.6 Å². The molecule has 1 aromatic heterocycles. The van der Waals surface area contributed by atoms with E-state index in [2.05, 4.69) is 15.3 Å². The van der Waals surface area contributed by atoms with Gasteiger partial charge in [-0.05, 0) is 13.0 Å². The first-order valence-corrected chi connectivity index (χ1v) is 6.29. The number of aromatic nitrogens is 2. The molecular weight excluding hydrogens is 242 g/mol. The topological polar surface area (TPSA) is 70.2 Å². The Balaban J connectivity index is 1.90. The van der Waals surface area contributed by atoms with E-state index in [0.717, 1.165) is 24.4 Å². The molecule has 1 atom stereocenters. The number of aromatic amines is 1. The Bertz CT molecular complexity index is 511. The Hall–Kier alpha value is -2.01. The van der Waals surface area contributed by atoms with E-state index in [-0.39, 0.29) is 11.8 Å². The zero-order chi connectivity index (χ0) is 13.7. The molecule has 3 N–H and O–H groups in total. The van der Waals surface area contributed by atoms with Crippen molar-refractivity contribution in [1.29, 1.82) is 0 Å². The minimum atomic E-state index is 0.0702. The minimum Gasteiger partial charge on any atom is -0.507 e. The Morgan fingerprint density at radius 3 is 2.95 bits per heavy atom. The maximum Gasteiger partial charge on any atom is 0.124 e. The molecule has 0 amide bonds. The van der Waals surface area contributed by atoms with E-state index in [4.69, 9.17) is 4.74 Å². The number of rotatable bonds is 6. The van der Waals surface area contributed by atoms with E-state index in [1.54, 1.807) is 19.4 Å². The van der Waals surface area contributed by atoms with Crippen molar-refractivity contribution in [3.63, 3.8) is 0 Å². The molecule has 0 bridgehead atoms. The van der Waals surface area contributed by atoms with Crippen LogP contribution in [0.1, 0.15) is 24.4 Å². The van der Waals surface area contributed by atoms with Crippen LogP contribution < -0.4 is 10.1 Å². The number of benzene rings is 1. The first kappa shape index (κ1) is 13.4. The van der Waals surface area contributed by atoms with Crippen molar-refractivity contribution in [3.8, 4) is 11.5 Å². The minimum absolute atomic E-state index is 0.0702. The number of hydrogen-bond acceptors (Lipinski definition) is 4. The van der Waals surface area contributed by atoms with Gasteiger partial charge in [0.2, 0.25) is 0 Å². The molecule has 1 unspecified atom stereocenters. The van der Waals surface area contributed by atoms with Gasteiger partial charge in [0.05, 0.1) is 7.11 Å². The molecule has 0 radical (unpaired) electrons. The van der Waals surface area contributed by atoms with Gasteiger partial charge < -0.3 is 20.1 Å². The Labute approximate surface area is 112 Å². The van der Waals surface area contributed by atoms with E-state index in [1.165, 1.54) is 0 Å². The predicted octanol–water partition coefficient (Wildman–Crippen LogP) is 2.02. The maximum absolute atomic E-state index is 9.94. The Kier molecular flexibility index (Phi) is 4.41. The maximum atomic E-state index is 9.94. The number of ether oxygens (including phenoxy) is 1. The zero-order valence-corrected chi connectivity index (χ0v) is 11.2. The highest BCUT2D eigenvalue weighted by Crippen LogP contribution is 2.28. The van der Waals surface area contributed by atoms with Crippen molar-refractivity contribution >= 4 is 0 Å². The molecule has 1 aromatic carbocycles. The third-order valence-electron chi connectivity index (χ3n) is 3.07. The molecular formula is C14H19N3O2. The lowest BCUT2D eigenvalue weighted by Crippen LogP contribution is -2.21. The van der Waals surface area contributed by atoms with Gasteiger partial charge in [-0.25, -0.2) is 4.98 Å². The summed E-state index contributed by atoms with van der Waals surface area (Å²) in [5.41, 5.74) is 0.861. The molecule has 0 saturated carbocycles. The number of phenolic OH excluding ortho intramolecular Hbond substituents is 1. The van der Waals surface area contributed by atoms with Crippen molar-refractivity contribution in [2.75, 3.05) is 13.7 Å². The van der Waals surface area contributed by atoms with Crippen LogP contribution in [0.25, 0.3) is 0 Å². The summed E-state index contributed by atoms with van der Waals surface area (Å²) in [6.45, 7) is 2.81. The number of H-pyrrole nitrogens is 1. The second kappa shape index (κ2) is 6.24. The highest BCUT2D eigenvalue weighted by atomic mass is 16.5. The van der Waals surface area contributed by atoms with Crippen LogP contribution in [0.4, 0.5) is 0 Å². The first-order chi connectivity index (χ1) is 9.20. The van der Waals surface area contributed by atoms with Gasteiger partial charge in [-0.1, -0.05) is 6.07 Å². The van der Waals surface area contributed by atoms with Gasteiger partial charge >= 0.3 is 0 Å². The second-order valence-electron chi connectivity index (χ2n) is 4.39. The Morgan fingerprint density at radius 1 is 1.47 bits per heavy atom. The molecule has 5 heteroatoms. The largest absolute Gasteiger partial charge is 0.507 e. The molecule has 19 heavy (non-hydrogen) atoms. The van der Waals surface area contributed by atoms with E-state index in [1.807, 2.05) is 25.3 Å². The number of hydrogen-bond donors (Lipinski definition) is 3. The summed E-state index contributed by atoms with van der Waals surface area (Å²) in [6.07, 6.45) is 4.39. The molecule has 0 saturated heterocycles. The molecule has 2 aromatic rings. The first-order valence-electron chi connectivity index (χ1n) is 6.29. The number of aromatic hydroxyl groups is 1. The molecule has 0 aliphatic rings. The van der Waals surface area contributed by atoms with Crippen LogP contribution in [0, 0.1) is 0 Å². The van der Waals surface area contributed by atoms with Crippen LogP contribution in [-0.4, -0.2) is 28.7 Å². The predicted molar refractivity (Wildman–Crippen MR) is 73.4 cm³/mol. The number of phenols is 1. The summed E-state index contributed by atoms with van der Waals surface area (Å²) >= 11 is 0. The van der Waals surface area contributed by atoms with Gasteiger partial charge in [-0.15, -0.1) is 0 Å². The summed E-state index contributed by atoms with van der Waals surface area (Å²) in [5, 5.41) is 13.3. The van der Waals surface area contributed by atoms with Crippen LogP contribution in [0.5, 0.6) is 11.5 Å². The molecule has 0 fully saturated rings. The highest BCUT2D eigenvalue weighted by Gasteiger charge is 2.10. The molecule has 0 aliphatic carbocycles. The molecule has 2 rings (SSSR count). The van der Waals surface area contributed by atoms with Crippen LogP contribution in [-0.2, 0) is 6.42 Å². The smallest absolute Gasteiger partial charge is 0.124 e. The van der Waals surface area contributed by atoms with Crippen molar-refractivity contribution in [1.82, 2.24) is 15.3 Å². The summed E-state index contributed by atoms with van der Waals surface area (Å²) in [4.78, 5) is 7.22. The summed E-state index contributed by atoms with van der Waals surface area (Å²) in [7, 11) is 1.58. The lowest BCUT2D eigenvalue weighted by molar-refractivity contribution is 0.404. The van der Waals surface area contributed by atoms with Gasteiger partial charge in [0.1, 0.15) is 17.3 Å². The molecule has 1 heterocycles. The van der Waals surface area contributed by atoms with Gasteiger partial charge in [0, 0.05) is 43.0 Å². The summed E-state index contributed by atoms with van der Waals surface area (Å²) < 4.78 is 5.07. The molecule has 5 nitrogen and oxygen atoms in total. The quantitative estimate of drug-likeness (QED) is 0.744. The van der Waals surface area contributed by atoms with Crippen molar-refractivity contribution in [2.24, 2.45) is 0 Å². The fraction of sp³-hybridized carbons (Fsp3) is 0.357. The number of methoxy groups -OCH3 is 1. The van der Waals surface area contributed by atoms with Crippen molar-refractivity contribution in [3.05, 3.63) is 42.0 Å². The van der Waals surface area contributed by atoms with Crippen molar-refractivity contribution in [2.45, 2.75) is 19.4 Å². The van der Waals surface area contributed by atoms with Crippen LogP contribution in [0.2, 0.25) is 0 Å². The standard InChI is InChI=1S/C14H19N3O2/c1-10(15-6-5-14-16-7-8-17-14)12-4-3-11(19-2)9-13(12)18/h3-4,7-10,15,18H,5-6H2,1-2H3,(H,16,17). The lowest BCUT2D eigenvalue weighted by Gasteiger charge is -2.15. The van der Waals surface area contributed by atoms with Gasteiger partial charge in [0.15, 0.2) is 0 Å². The Morgan fingerprint density at radius 2 is 2.32 bits per heavy atom. The summed E-state index contributed by atoms with van der Waals surface area (Å²) in [6, 6.07) is 5.42. The number of nitrogens with one attached hydrogen (secondary N) is 2. The zero-order valence-electron chi connectivity index (χ0n) is 11.2. The number of nitrogens with zero attached hydrogens (tertiary/aromatic N) is 1. The molecule has 102 valence electrons. The third-order valence-corrected chi connectivity index (χ3v) is 3.07. The average Bonchev–Trinajstić information content (AvgIpc) is 2.91. The fourth-order valence-corrected chi connectivity index (χ4v) is 1.97. The summed E-state index contributed by atoms with van der Waals surface area (Å²) in [5.74, 6) is 1.86. The van der Waals surface area contributed by atoms with E-state index < -0.39 is 0 Å². The normalized spacial score (nSPS) is 12.3. The van der Waals surface area contributed by atoms with Gasteiger partial charge in [-0.3, -0.25) is 0 Å². The van der Waals surface area contributed by atoms with Gasteiger partial charge in [0.25, 0.3) is 0 Å². The fourth-order valence-electron chi connectivity index (χ4n) is 1.97. The van der Waals surface area contributed by atoms with Crippen LogP contribution >= 0.6 is 0 Å². The van der Waals surface area contributed by atoms with Crippen LogP contribution in [0.3, 0.4) is 0 Å². The van der Waals surface area contributed by atoms with E-state index in [9.17, 15) is 5.11 Å². The second-order valence-corrected chi connectivity index (χ2v) is 4.39. The average molecular weight is 261 g/mol. The lowest BCUT2D eigenvalue weighted by atomic mass is 10.1. The van der Waals surface area contributed by atoms with E-state index >= 15 is 0 Å². The van der Waals surface area contributed by atoms with E-state index in [0.29, 0.717) is 5.75 Å². The third kappa shape index (κ3) is 3.48. The molecule has 0 spiro atoms. The monoisotopic (exact) mass is 261 g/mol.